The van der Waals surface area contributed by atoms with Gasteiger partial charge in [-0.3, -0.25) is 5.10 Å². The lowest BCUT2D eigenvalue weighted by atomic mass is 9.83. The molecule has 37 heavy (non-hydrogen) atoms. The fraction of sp³-hybridized carbons (Fsp3) is 0.348. The van der Waals surface area contributed by atoms with Crippen molar-refractivity contribution in [2.24, 2.45) is 5.92 Å². The van der Waals surface area contributed by atoms with Crippen LogP contribution >= 0.6 is 11.3 Å². The van der Waals surface area contributed by atoms with Gasteiger partial charge in [-0.05, 0) is 49.7 Å². The first-order valence-electron chi connectivity index (χ1n) is 11.3. The molecule has 194 valence electrons. The molecule has 3 aromatic heterocycles. The normalized spacial score (nSPS) is 19.6. The SMILES string of the molecule is CN1CC[C@H]2CN(c3nc4nnc(-c5ccc(-c6cn[nH]c6)cc5O)cc4s3)[C@H]2C1.O=C(O)C(F)(F)F. The number of aromatic amines is 1. The van der Waals surface area contributed by atoms with Crippen molar-refractivity contribution < 1.29 is 28.2 Å². The summed E-state index contributed by atoms with van der Waals surface area (Å²) >= 11 is 1.65. The number of halogens is 3. The number of carboxylic acid groups (broad SMARTS) is 1. The number of carboxylic acids is 1. The molecule has 0 saturated carbocycles. The second kappa shape index (κ2) is 9.59. The van der Waals surface area contributed by atoms with Crippen molar-refractivity contribution in [1.82, 2.24) is 30.3 Å². The number of likely N-dealkylation sites (tertiary alicyclic amines) is 1. The Hall–Kier alpha value is -3.78. The third-order valence-electron chi connectivity index (χ3n) is 6.49. The van der Waals surface area contributed by atoms with Gasteiger partial charge < -0.3 is 20.0 Å². The van der Waals surface area contributed by atoms with E-state index in [0.717, 1.165) is 40.0 Å². The quantitative estimate of drug-likeness (QED) is 0.361. The fourth-order valence-corrected chi connectivity index (χ4v) is 5.50. The second-order valence-corrected chi connectivity index (χ2v) is 9.98. The molecule has 3 N–H and O–H groups in total. The summed E-state index contributed by atoms with van der Waals surface area (Å²) in [7, 11) is 2.19. The molecule has 2 saturated heterocycles. The highest BCUT2D eigenvalue weighted by Crippen LogP contribution is 2.40. The molecule has 5 heterocycles. The third kappa shape index (κ3) is 5.06. The van der Waals surface area contributed by atoms with E-state index in [2.05, 4.69) is 37.2 Å². The number of likely N-dealkylation sites (N-methyl/N-ethyl adjacent to an activating group) is 1. The highest BCUT2D eigenvalue weighted by atomic mass is 32.1. The number of aromatic hydroxyl groups is 1. The van der Waals surface area contributed by atoms with Crippen molar-refractivity contribution in [2.75, 3.05) is 31.6 Å². The maximum atomic E-state index is 10.6. The number of piperidine rings is 1. The van der Waals surface area contributed by atoms with Gasteiger partial charge in [0.25, 0.3) is 0 Å². The average Bonchev–Trinajstić information content (AvgIpc) is 3.50. The van der Waals surface area contributed by atoms with Gasteiger partial charge in [0, 0.05) is 36.5 Å². The van der Waals surface area contributed by atoms with Crippen LogP contribution in [0.2, 0.25) is 0 Å². The molecule has 0 spiro atoms. The summed E-state index contributed by atoms with van der Waals surface area (Å²) in [5.41, 5.74) is 3.79. The van der Waals surface area contributed by atoms with Crippen molar-refractivity contribution in [3.05, 3.63) is 36.7 Å². The van der Waals surface area contributed by atoms with E-state index in [1.807, 2.05) is 18.2 Å². The topological polar surface area (TPSA) is 131 Å². The molecule has 2 aliphatic rings. The predicted molar refractivity (Wildman–Crippen MR) is 130 cm³/mol. The van der Waals surface area contributed by atoms with E-state index in [0.29, 0.717) is 22.9 Å². The number of phenols is 1. The molecular formula is C23H22F3N7O3S. The van der Waals surface area contributed by atoms with Gasteiger partial charge in [-0.15, -0.1) is 10.2 Å². The first-order valence-corrected chi connectivity index (χ1v) is 12.1. The predicted octanol–water partition coefficient (Wildman–Crippen LogP) is 3.62. The largest absolute Gasteiger partial charge is 0.507 e. The molecule has 0 amide bonds. The summed E-state index contributed by atoms with van der Waals surface area (Å²) in [6.07, 6.45) is -0.298. The third-order valence-corrected chi connectivity index (χ3v) is 7.52. The van der Waals surface area contributed by atoms with Crippen LogP contribution in [0.4, 0.5) is 18.3 Å². The zero-order valence-corrected chi connectivity index (χ0v) is 20.3. The molecule has 2 fully saturated rings. The number of anilines is 1. The van der Waals surface area contributed by atoms with Crippen LogP contribution in [-0.2, 0) is 4.79 Å². The number of phenolic OH excluding ortho intramolecular Hbond substituents is 1. The van der Waals surface area contributed by atoms with Gasteiger partial charge in [-0.2, -0.15) is 23.3 Å². The van der Waals surface area contributed by atoms with E-state index >= 15 is 0 Å². The van der Waals surface area contributed by atoms with Gasteiger partial charge in [0.05, 0.1) is 16.6 Å². The van der Waals surface area contributed by atoms with Gasteiger partial charge >= 0.3 is 12.1 Å². The van der Waals surface area contributed by atoms with Gasteiger partial charge in [-0.1, -0.05) is 17.4 Å². The van der Waals surface area contributed by atoms with Gasteiger partial charge in [0.2, 0.25) is 0 Å². The number of fused-ring (bicyclic) bond motifs is 2. The molecule has 10 nitrogen and oxygen atoms in total. The summed E-state index contributed by atoms with van der Waals surface area (Å²) in [4.78, 5) is 18.4. The number of alkyl halides is 3. The number of aliphatic carboxylic acids is 1. The van der Waals surface area contributed by atoms with E-state index in [4.69, 9.17) is 14.9 Å². The van der Waals surface area contributed by atoms with Crippen molar-refractivity contribution >= 4 is 32.8 Å². The van der Waals surface area contributed by atoms with Crippen LogP contribution < -0.4 is 4.90 Å². The Morgan fingerprint density at radius 3 is 2.65 bits per heavy atom. The zero-order chi connectivity index (χ0) is 26.3. The molecule has 0 radical (unpaired) electrons. The van der Waals surface area contributed by atoms with E-state index < -0.39 is 12.1 Å². The van der Waals surface area contributed by atoms with E-state index in [-0.39, 0.29) is 5.75 Å². The number of thiazole rings is 1. The summed E-state index contributed by atoms with van der Waals surface area (Å²) in [6.45, 7) is 3.36. The lowest BCUT2D eigenvalue weighted by Gasteiger charge is -2.52. The standard InChI is InChI=1S/C21H21N7OS.C2HF3O2/c1-27-5-4-13-10-28(17(13)11-27)21-24-20-19(30-21)7-16(25-26-20)15-3-2-12(6-18(15)29)14-8-22-23-9-14;3-2(4,5)1(6)7/h2-3,6-9,13,17,29H,4-5,10-11H2,1H3,(H,22,23);(H,6,7)/t13-,17-;/m0./s1. The highest BCUT2D eigenvalue weighted by molar-refractivity contribution is 7.22. The van der Waals surface area contributed by atoms with Gasteiger partial charge in [-0.25, -0.2) is 4.79 Å². The molecule has 1 aromatic carbocycles. The van der Waals surface area contributed by atoms with Crippen molar-refractivity contribution in [3.8, 4) is 28.1 Å². The van der Waals surface area contributed by atoms with Crippen LogP contribution in [0.25, 0.3) is 32.7 Å². The van der Waals surface area contributed by atoms with Crippen molar-refractivity contribution in [2.45, 2.75) is 18.6 Å². The average molecular weight is 534 g/mol. The molecule has 2 aliphatic heterocycles. The number of benzene rings is 1. The molecule has 0 bridgehead atoms. The van der Waals surface area contributed by atoms with Crippen LogP contribution in [-0.4, -0.2) is 85.4 Å². The number of nitrogens with zero attached hydrogens (tertiary/aromatic N) is 6. The zero-order valence-electron chi connectivity index (χ0n) is 19.5. The Morgan fingerprint density at radius 1 is 1.19 bits per heavy atom. The Kier molecular flexibility index (Phi) is 6.45. The fourth-order valence-electron chi connectivity index (χ4n) is 4.50. The van der Waals surface area contributed by atoms with Crippen molar-refractivity contribution in [3.63, 3.8) is 0 Å². The van der Waals surface area contributed by atoms with Crippen LogP contribution in [0.1, 0.15) is 6.42 Å². The lowest BCUT2D eigenvalue weighted by molar-refractivity contribution is -0.192. The summed E-state index contributed by atoms with van der Waals surface area (Å²) in [6, 6.07) is 8.07. The maximum Gasteiger partial charge on any atom is 0.490 e. The van der Waals surface area contributed by atoms with Crippen LogP contribution in [0.3, 0.4) is 0 Å². The number of hydrogen-bond acceptors (Lipinski definition) is 9. The van der Waals surface area contributed by atoms with E-state index in [9.17, 15) is 18.3 Å². The monoisotopic (exact) mass is 533 g/mol. The smallest absolute Gasteiger partial charge is 0.490 e. The Bertz CT molecular complexity index is 1430. The summed E-state index contributed by atoms with van der Waals surface area (Å²) < 4.78 is 32.7. The second-order valence-electron chi connectivity index (χ2n) is 8.97. The minimum Gasteiger partial charge on any atom is -0.507 e. The van der Waals surface area contributed by atoms with Crippen LogP contribution in [0.5, 0.6) is 5.75 Å². The number of carbonyl (C=O) groups is 1. The van der Waals surface area contributed by atoms with Crippen molar-refractivity contribution in [1.29, 1.82) is 0 Å². The molecule has 6 rings (SSSR count). The first-order chi connectivity index (χ1) is 17.6. The molecule has 4 aromatic rings. The van der Waals surface area contributed by atoms with Crippen LogP contribution in [0, 0.1) is 5.92 Å². The minimum atomic E-state index is -5.08. The summed E-state index contributed by atoms with van der Waals surface area (Å²) in [5.74, 6) is -1.81. The first kappa shape index (κ1) is 24.9. The molecule has 0 unspecified atom stereocenters. The molecule has 0 aliphatic carbocycles. The van der Waals surface area contributed by atoms with Gasteiger partial charge in [0.1, 0.15) is 5.75 Å². The number of hydrogen-bond donors (Lipinski definition) is 3. The highest BCUT2D eigenvalue weighted by Gasteiger charge is 2.43. The number of aromatic nitrogens is 5. The Labute approximate surface area is 212 Å². The minimum absolute atomic E-state index is 0.169. The van der Waals surface area contributed by atoms with Crippen LogP contribution in [0.15, 0.2) is 36.7 Å². The Balaban J connectivity index is 0.000000355. The molecule has 14 heteroatoms. The number of nitrogens with one attached hydrogen (secondary N) is 1. The molecular weight excluding hydrogens is 511 g/mol. The number of rotatable bonds is 3. The van der Waals surface area contributed by atoms with E-state index in [1.54, 1.807) is 29.8 Å². The number of H-pyrrole nitrogens is 1. The Morgan fingerprint density at radius 2 is 1.97 bits per heavy atom. The molecule has 2 atom stereocenters. The van der Waals surface area contributed by atoms with E-state index in [1.165, 1.54) is 13.0 Å². The lowest BCUT2D eigenvalue weighted by Crippen LogP contribution is -2.63. The summed E-state index contributed by atoms with van der Waals surface area (Å²) in [5, 5.41) is 34.1. The van der Waals surface area contributed by atoms with Gasteiger partial charge in [0.15, 0.2) is 10.8 Å². The maximum absolute atomic E-state index is 10.6.